The van der Waals surface area contributed by atoms with Gasteiger partial charge in [-0.3, -0.25) is 0 Å². The highest BCUT2D eigenvalue weighted by molar-refractivity contribution is 6.29. The van der Waals surface area contributed by atoms with E-state index in [1.54, 1.807) is 0 Å². The van der Waals surface area contributed by atoms with Crippen LogP contribution in [-0.4, -0.2) is 18.1 Å². The molecule has 0 radical (unpaired) electrons. The number of halogens is 1. The van der Waals surface area contributed by atoms with Gasteiger partial charge in [-0.25, -0.2) is 4.98 Å². The minimum Gasteiger partial charge on any atom is -0.370 e. The first-order chi connectivity index (χ1) is 6.33. The molecule has 1 aliphatic heterocycles. The highest BCUT2D eigenvalue weighted by Crippen LogP contribution is 2.46. The fourth-order valence-electron chi connectivity index (χ4n) is 2.16. The topological polar surface area (TPSA) is 16.1 Å². The van der Waals surface area contributed by atoms with Crippen LogP contribution in [0, 0.1) is 11.8 Å². The Labute approximate surface area is 82.5 Å². The molecule has 0 unspecified atom stereocenters. The Kier molecular flexibility index (Phi) is 1.53. The van der Waals surface area contributed by atoms with Crippen LogP contribution in [0.3, 0.4) is 0 Å². The van der Waals surface area contributed by atoms with Gasteiger partial charge in [-0.15, -0.1) is 0 Å². The van der Waals surface area contributed by atoms with Gasteiger partial charge in [-0.1, -0.05) is 11.6 Å². The van der Waals surface area contributed by atoms with Gasteiger partial charge in [0.05, 0.1) is 11.9 Å². The normalized spacial score (nSPS) is 30.4. The van der Waals surface area contributed by atoms with Gasteiger partial charge in [0, 0.05) is 13.1 Å². The van der Waals surface area contributed by atoms with Gasteiger partial charge in [0.1, 0.15) is 5.15 Å². The van der Waals surface area contributed by atoms with Gasteiger partial charge >= 0.3 is 0 Å². The lowest BCUT2D eigenvalue weighted by Crippen LogP contribution is -2.21. The Morgan fingerprint density at radius 3 is 2.69 bits per heavy atom. The molecular formula is C10H11ClN2. The molecule has 3 heteroatoms. The standard InChI is InChI=1S/C10H11ClN2/c11-10-2-1-9(4-12-10)13-5-7-3-8(7)6-13/h1-2,4,7-8H,3,5-6H2/t7-,8+. The van der Waals surface area contributed by atoms with Gasteiger partial charge in [-0.05, 0) is 30.4 Å². The first-order valence-electron chi connectivity index (χ1n) is 4.69. The maximum Gasteiger partial charge on any atom is 0.129 e. The molecule has 1 aromatic rings. The average molecular weight is 195 g/mol. The molecule has 2 aliphatic rings. The summed E-state index contributed by atoms with van der Waals surface area (Å²) in [6.45, 7) is 2.43. The van der Waals surface area contributed by atoms with Gasteiger partial charge in [0.15, 0.2) is 0 Å². The van der Waals surface area contributed by atoms with E-state index >= 15 is 0 Å². The third kappa shape index (κ3) is 1.29. The molecule has 2 heterocycles. The van der Waals surface area contributed by atoms with Crippen molar-refractivity contribution in [3.63, 3.8) is 0 Å². The minimum absolute atomic E-state index is 0.577. The molecule has 0 bridgehead atoms. The molecule has 0 amide bonds. The van der Waals surface area contributed by atoms with Gasteiger partial charge < -0.3 is 4.90 Å². The molecule has 1 saturated heterocycles. The van der Waals surface area contributed by atoms with E-state index in [1.165, 1.54) is 25.2 Å². The molecule has 3 rings (SSSR count). The number of anilines is 1. The molecular weight excluding hydrogens is 184 g/mol. The van der Waals surface area contributed by atoms with E-state index < -0.39 is 0 Å². The van der Waals surface area contributed by atoms with Crippen LogP contribution in [0.1, 0.15) is 6.42 Å². The summed E-state index contributed by atoms with van der Waals surface area (Å²) in [5.41, 5.74) is 1.22. The average Bonchev–Trinajstić information content (AvgIpc) is 2.75. The Bertz CT molecular complexity index is 312. The number of hydrogen-bond acceptors (Lipinski definition) is 2. The highest BCUT2D eigenvalue weighted by Gasteiger charge is 2.45. The van der Waals surface area contributed by atoms with E-state index in [0.29, 0.717) is 5.15 Å². The van der Waals surface area contributed by atoms with Crippen molar-refractivity contribution < 1.29 is 0 Å². The summed E-state index contributed by atoms with van der Waals surface area (Å²) in [7, 11) is 0. The van der Waals surface area contributed by atoms with Crippen molar-refractivity contribution in [2.24, 2.45) is 11.8 Å². The molecule has 0 N–H and O–H groups in total. The lowest BCUT2D eigenvalue weighted by atomic mass is 10.3. The maximum atomic E-state index is 5.73. The Hall–Kier alpha value is -0.760. The number of hydrogen-bond donors (Lipinski definition) is 0. The zero-order valence-corrected chi connectivity index (χ0v) is 8.04. The number of aromatic nitrogens is 1. The summed E-state index contributed by atoms with van der Waals surface area (Å²) in [5.74, 6) is 1.94. The predicted octanol–water partition coefficient (Wildman–Crippen LogP) is 2.19. The fourth-order valence-corrected chi connectivity index (χ4v) is 2.28. The van der Waals surface area contributed by atoms with Crippen LogP contribution < -0.4 is 4.90 Å². The first-order valence-corrected chi connectivity index (χ1v) is 5.07. The summed E-state index contributed by atoms with van der Waals surface area (Å²) in [4.78, 5) is 6.49. The second-order valence-corrected chi connectivity index (χ2v) is 4.39. The number of fused-ring (bicyclic) bond motifs is 1. The van der Waals surface area contributed by atoms with Crippen molar-refractivity contribution in [1.29, 1.82) is 0 Å². The molecule has 2 atom stereocenters. The second kappa shape index (κ2) is 2.61. The predicted molar refractivity (Wildman–Crippen MR) is 53.1 cm³/mol. The largest absolute Gasteiger partial charge is 0.370 e. The summed E-state index contributed by atoms with van der Waals surface area (Å²) < 4.78 is 0. The van der Waals surface area contributed by atoms with Gasteiger partial charge in [0.25, 0.3) is 0 Å². The van der Waals surface area contributed by atoms with Crippen LogP contribution in [0.2, 0.25) is 5.15 Å². The number of rotatable bonds is 1. The Morgan fingerprint density at radius 2 is 2.08 bits per heavy atom. The van der Waals surface area contributed by atoms with E-state index in [9.17, 15) is 0 Å². The van der Waals surface area contributed by atoms with E-state index in [-0.39, 0.29) is 0 Å². The molecule has 0 spiro atoms. The van der Waals surface area contributed by atoms with Crippen LogP contribution in [0.25, 0.3) is 0 Å². The van der Waals surface area contributed by atoms with Crippen LogP contribution in [0.4, 0.5) is 5.69 Å². The molecule has 1 aromatic heterocycles. The number of nitrogens with zero attached hydrogens (tertiary/aromatic N) is 2. The third-order valence-corrected chi connectivity index (χ3v) is 3.28. The Morgan fingerprint density at radius 1 is 1.31 bits per heavy atom. The molecule has 68 valence electrons. The number of piperidine rings is 1. The first kappa shape index (κ1) is 7.63. The smallest absolute Gasteiger partial charge is 0.129 e. The van der Waals surface area contributed by atoms with E-state index in [2.05, 4.69) is 16.0 Å². The number of pyridine rings is 1. The molecule has 1 aliphatic carbocycles. The van der Waals surface area contributed by atoms with Crippen molar-refractivity contribution in [3.8, 4) is 0 Å². The Balaban J connectivity index is 1.81. The van der Waals surface area contributed by atoms with Crippen LogP contribution >= 0.6 is 11.6 Å². The van der Waals surface area contributed by atoms with Crippen LogP contribution in [0.15, 0.2) is 18.3 Å². The quantitative estimate of drug-likeness (QED) is 0.638. The molecule has 0 aromatic carbocycles. The molecule has 13 heavy (non-hydrogen) atoms. The monoisotopic (exact) mass is 194 g/mol. The van der Waals surface area contributed by atoms with E-state index in [0.717, 1.165) is 11.8 Å². The second-order valence-electron chi connectivity index (χ2n) is 4.00. The van der Waals surface area contributed by atoms with Crippen LogP contribution in [-0.2, 0) is 0 Å². The molecule has 1 saturated carbocycles. The third-order valence-electron chi connectivity index (χ3n) is 3.06. The van der Waals surface area contributed by atoms with Crippen LogP contribution in [0.5, 0.6) is 0 Å². The zero-order valence-electron chi connectivity index (χ0n) is 7.28. The fraction of sp³-hybridized carbons (Fsp3) is 0.500. The van der Waals surface area contributed by atoms with E-state index in [1.807, 2.05) is 12.3 Å². The lowest BCUT2D eigenvalue weighted by molar-refractivity contribution is 0.817. The minimum atomic E-state index is 0.577. The van der Waals surface area contributed by atoms with Crippen molar-refractivity contribution in [3.05, 3.63) is 23.5 Å². The summed E-state index contributed by atoms with van der Waals surface area (Å²) in [6.07, 6.45) is 3.31. The van der Waals surface area contributed by atoms with Gasteiger partial charge in [-0.2, -0.15) is 0 Å². The maximum absolute atomic E-state index is 5.73. The zero-order chi connectivity index (χ0) is 8.84. The van der Waals surface area contributed by atoms with Crippen molar-refractivity contribution in [2.45, 2.75) is 6.42 Å². The summed E-state index contributed by atoms with van der Waals surface area (Å²) >= 11 is 5.73. The van der Waals surface area contributed by atoms with Crippen molar-refractivity contribution in [1.82, 2.24) is 4.98 Å². The summed E-state index contributed by atoms with van der Waals surface area (Å²) in [5, 5.41) is 0.577. The van der Waals surface area contributed by atoms with E-state index in [4.69, 9.17) is 11.6 Å². The van der Waals surface area contributed by atoms with Crippen molar-refractivity contribution in [2.75, 3.05) is 18.0 Å². The lowest BCUT2D eigenvalue weighted by Gasteiger charge is -2.19. The highest BCUT2D eigenvalue weighted by atomic mass is 35.5. The van der Waals surface area contributed by atoms with Crippen molar-refractivity contribution >= 4 is 17.3 Å². The SMILES string of the molecule is Clc1ccc(N2C[C@H]3C[C@H]3C2)cn1. The molecule has 2 nitrogen and oxygen atoms in total. The summed E-state index contributed by atoms with van der Waals surface area (Å²) in [6, 6.07) is 3.92. The van der Waals surface area contributed by atoms with Gasteiger partial charge in [0.2, 0.25) is 0 Å². The molecule has 2 fully saturated rings.